The molecule has 1 aliphatic rings. The Morgan fingerprint density at radius 3 is 2.50 bits per heavy atom. The van der Waals surface area contributed by atoms with Crippen molar-refractivity contribution in [1.29, 1.82) is 0 Å². The zero-order valence-electron chi connectivity index (χ0n) is 12.8. The normalized spacial score (nSPS) is 19.8. The van der Waals surface area contributed by atoms with Crippen molar-refractivity contribution in [2.45, 2.75) is 24.8 Å². The summed E-state index contributed by atoms with van der Waals surface area (Å²) in [7, 11) is 0. The first kappa shape index (κ1) is 15.1. The lowest BCUT2D eigenvalue weighted by molar-refractivity contribution is -0.117. The van der Waals surface area contributed by atoms with E-state index in [1.54, 1.807) is 11.8 Å². The van der Waals surface area contributed by atoms with Gasteiger partial charge in [0.1, 0.15) is 0 Å². The van der Waals surface area contributed by atoms with E-state index in [1.165, 1.54) is 0 Å². The number of para-hydroxylation sites is 1. The average Bonchev–Trinajstić information content (AvgIpc) is 2.89. The highest BCUT2D eigenvalue weighted by Gasteiger charge is 2.34. The van der Waals surface area contributed by atoms with Gasteiger partial charge in [-0.05, 0) is 25.5 Å². The smallest absolute Gasteiger partial charge is 0.242 e. The fourth-order valence-corrected chi connectivity index (χ4v) is 3.66. The minimum atomic E-state index is -0.149. The molecule has 1 heterocycles. The number of benzene rings is 2. The SMILES string of the molecule is CC1(C)NC(C(=O)Nc2ccccc2-c2ccccc2)CS1. The summed E-state index contributed by atoms with van der Waals surface area (Å²) in [4.78, 5) is 12.5. The Bertz CT molecular complexity index is 670. The van der Waals surface area contributed by atoms with Crippen LogP contribution in [0.3, 0.4) is 0 Å². The summed E-state index contributed by atoms with van der Waals surface area (Å²) < 4.78 is 0. The van der Waals surface area contributed by atoms with Crippen LogP contribution in [0.1, 0.15) is 13.8 Å². The van der Waals surface area contributed by atoms with Gasteiger partial charge in [-0.25, -0.2) is 0 Å². The Labute approximate surface area is 135 Å². The van der Waals surface area contributed by atoms with Crippen molar-refractivity contribution in [2.75, 3.05) is 11.1 Å². The van der Waals surface area contributed by atoms with E-state index in [1.807, 2.05) is 42.5 Å². The van der Waals surface area contributed by atoms with Gasteiger partial charge in [0, 0.05) is 17.0 Å². The highest BCUT2D eigenvalue weighted by atomic mass is 32.2. The molecule has 0 radical (unpaired) electrons. The van der Waals surface area contributed by atoms with E-state index in [2.05, 4.69) is 36.6 Å². The average molecular weight is 312 g/mol. The summed E-state index contributed by atoms with van der Waals surface area (Å²) in [6, 6.07) is 17.9. The third-order valence-electron chi connectivity index (χ3n) is 3.72. The predicted octanol–water partition coefficient (Wildman–Crippen LogP) is 3.73. The van der Waals surface area contributed by atoms with Crippen molar-refractivity contribution < 1.29 is 4.79 Å². The molecule has 114 valence electrons. The van der Waals surface area contributed by atoms with Crippen LogP contribution >= 0.6 is 11.8 Å². The summed E-state index contributed by atoms with van der Waals surface area (Å²) in [5, 5.41) is 6.43. The molecule has 0 bridgehead atoms. The van der Waals surface area contributed by atoms with E-state index in [9.17, 15) is 4.79 Å². The molecular weight excluding hydrogens is 292 g/mol. The number of thioether (sulfide) groups is 1. The van der Waals surface area contributed by atoms with Gasteiger partial charge in [0.15, 0.2) is 0 Å². The fraction of sp³-hybridized carbons (Fsp3) is 0.278. The van der Waals surface area contributed by atoms with Gasteiger partial charge in [-0.1, -0.05) is 48.5 Å². The third kappa shape index (κ3) is 3.34. The standard InChI is InChI=1S/C18H20N2OS/c1-18(2)20-16(12-22-18)17(21)19-15-11-7-6-10-14(15)13-8-4-3-5-9-13/h3-11,16,20H,12H2,1-2H3,(H,19,21). The summed E-state index contributed by atoms with van der Waals surface area (Å²) in [5.41, 5.74) is 3.00. The molecule has 0 spiro atoms. The number of anilines is 1. The van der Waals surface area contributed by atoms with Crippen LogP contribution in [0.4, 0.5) is 5.69 Å². The molecule has 4 heteroatoms. The van der Waals surface area contributed by atoms with Crippen molar-refractivity contribution in [2.24, 2.45) is 0 Å². The van der Waals surface area contributed by atoms with Gasteiger partial charge in [-0.15, -0.1) is 11.8 Å². The van der Waals surface area contributed by atoms with Crippen LogP contribution in [0.25, 0.3) is 11.1 Å². The fourth-order valence-electron chi connectivity index (χ4n) is 2.62. The Kier molecular flexibility index (Phi) is 4.23. The van der Waals surface area contributed by atoms with E-state index in [4.69, 9.17) is 0 Å². The monoisotopic (exact) mass is 312 g/mol. The van der Waals surface area contributed by atoms with Gasteiger partial charge < -0.3 is 5.32 Å². The maximum absolute atomic E-state index is 12.5. The Morgan fingerprint density at radius 2 is 1.82 bits per heavy atom. The van der Waals surface area contributed by atoms with Crippen LogP contribution in [0.15, 0.2) is 54.6 Å². The zero-order chi connectivity index (χ0) is 15.6. The molecule has 3 rings (SSSR count). The molecule has 2 aromatic carbocycles. The molecule has 1 unspecified atom stereocenters. The van der Waals surface area contributed by atoms with Gasteiger partial charge in [0.2, 0.25) is 5.91 Å². The Balaban J connectivity index is 1.80. The van der Waals surface area contributed by atoms with E-state index in [0.29, 0.717) is 0 Å². The van der Waals surface area contributed by atoms with Crippen LogP contribution in [0.2, 0.25) is 0 Å². The number of carbonyl (C=O) groups excluding carboxylic acids is 1. The first-order chi connectivity index (χ1) is 10.6. The van der Waals surface area contributed by atoms with E-state index in [0.717, 1.165) is 22.6 Å². The highest BCUT2D eigenvalue weighted by Crippen LogP contribution is 2.31. The lowest BCUT2D eigenvalue weighted by Gasteiger charge is -2.19. The Morgan fingerprint density at radius 1 is 1.14 bits per heavy atom. The number of nitrogens with one attached hydrogen (secondary N) is 2. The molecule has 2 aromatic rings. The number of hydrogen-bond donors (Lipinski definition) is 2. The molecule has 0 saturated carbocycles. The molecule has 1 amide bonds. The van der Waals surface area contributed by atoms with Gasteiger partial charge in [0.05, 0.1) is 10.9 Å². The molecule has 0 aliphatic carbocycles. The topological polar surface area (TPSA) is 41.1 Å². The zero-order valence-corrected chi connectivity index (χ0v) is 13.6. The number of amides is 1. The van der Waals surface area contributed by atoms with E-state index < -0.39 is 0 Å². The first-order valence-corrected chi connectivity index (χ1v) is 8.41. The number of hydrogen-bond acceptors (Lipinski definition) is 3. The summed E-state index contributed by atoms with van der Waals surface area (Å²) in [6.45, 7) is 4.20. The molecule has 3 nitrogen and oxygen atoms in total. The summed E-state index contributed by atoms with van der Waals surface area (Å²) in [5.74, 6) is 0.827. The lowest BCUT2D eigenvalue weighted by atomic mass is 10.0. The lowest BCUT2D eigenvalue weighted by Crippen LogP contribution is -2.44. The minimum Gasteiger partial charge on any atom is -0.324 e. The van der Waals surface area contributed by atoms with E-state index in [-0.39, 0.29) is 16.8 Å². The largest absolute Gasteiger partial charge is 0.324 e. The maximum Gasteiger partial charge on any atom is 0.242 e. The Hall–Kier alpha value is -1.78. The van der Waals surface area contributed by atoms with Crippen LogP contribution in [0.5, 0.6) is 0 Å². The van der Waals surface area contributed by atoms with Crippen LogP contribution in [-0.2, 0) is 4.79 Å². The third-order valence-corrected chi connectivity index (χ3v) is 5.06. The summed E-state index contributed by atoms with van der Waals surface area (Å²) in [6.07, 6.45) is 0. The number of rotatable bonds is 3. The van der Waals surface area contributed by atoms with Crippen molar-refractivity contribution in [3.8, 4) is 11.1 Å². The quantitative estimate of drug-likeness (QED) is 0.907. The molecule has 1 fully saturated rings. The van der Waals surface area contributed by atoms with E-state index >= 15 is 0 Å². The van der Waals surface area contributed by atoms with Crippen molar-refractivity contribution in [3.05, 3.63) is 54.6 Å². The first-order valence-electron chi connectivity index (χ1n) is 7.42. The van der Waals surface area contributed by atoms with Crippen LogP contribution in [0, 0.1) is 0 Å². The molecule has 22 heavy (non-hydrogen) atoms. The van der Waals surface area contributed by atoms with Gasteiger partial charge >= 0.3 is 0 Å². The second-order valence-electron chi connectivity index (χ2n) is 5.92. The minimum absolute atomic E-state index is 0.0291. The summed E-state index contributed by atoms with van der Waals surface area (Å²) >= 11 is 1.78. The van der Waals surface area contributed by atoms with Gasteiger partial charge in [-0.3, -0.25) is 10.1 Å². The van der Waals surface area contributed by atoms with Crippen LogP contribution in [-0.4, -0.2) is 22.6 Å². The molecule has 1 saturated heterocycles. The van der Waals surface area contributed by atoms with Crippen LogP contribution < -0.4 is 10.6 Å². The molecule has 1 aliphatic heterocycles. The van der Waals surface area contributed by atoms with Crippen molar-refractivity contribution >= 4 is 23.4 Å². The number of carbonyl (C=O) groups is 1. The highest BCUT2D eigenvalue weighted by molar-refractivity contribution is 8.00. The van der Waals surface area contributed by atoms with Gasteiger partial charge in [-0.2, -0.15) is 0 Å². The molecular formula is C18H20N2OS. The molecule has 1 atom stereocenters. The van der Waals surface area contributed by atoms with Gasteiger partial charge in [0.25, 0.3) is 0 Å². The second kappa shape index (κ2) is 6.15. The van der Waals surface area contributed by atoms with Crippen molar-refractivity contribution in [1.82, 2.24) is 5.32 Å². The van der Waals surface area contributed by atoms with Crippen molar-refractivity contribution in [3.63, 3.8) is 0 Å². The maximum atomic E-state index is 12.5. The molecule has 0 aromatic heterocycles. The molecule has 2 N–H and O–H groups in total. The second-order valence-corrected chi connectivity index (χ2v) is 7.56. The predicted molar refractivity (Wildman–Crippen MR) is 94.0 cm³/mol.